The van der Waals surface area contributed by atoms with Crippen LogP contribution in [-0.4, -0.2) is 19.5 Å². The summed E-state index contributed by atoms with van der Waals surface area (Å²) in [5.41, 5.74) is 8.54. The number of aryl methyl sites for hydroxylation is 1. The van der Waals surface area contributed by atoms with Crippen LogP contribution in [0.3, 0.4) is 0 Å². The number of hydrogen-bond acceptors (Lipinski definition) is 5. The van der Waals surface area contributed by atoms with Gasteiger partial charge in [0.05, 0.1) is 11.7 Å². The van der Waals surface area contributed by atoms with Crippen LogP contribution in [0.2, 0.25) is 0 Å². The minimum atomic E-state index is 0.472. The number of imidazole rings is 1. The molecule has 0 saturated heterocycles. The SMILES string of the molecule is CCCn1c(-c2csc(CN)n2)nc2cnccc21. The Hall–Kier alpha value is -1.79. The molecule has 0 spiro atoms. The zero-order chi connectivity index (χ0) is 13.2. The molecule has 0 amide bonds. The average Bonchev–Trinajstić information content (AvgIpc) is 3.04. The van der Waals surface area contributed by atoms with Gasteiger partial charge in [-0.15, -0.1) is 11.3 Å². The molecule has 2 N–H and O–H groups in total. The van der Waals surface area contributed by atoms with Gasteiger partial charge in [0.2, 0.25) is 0 Å². The predicted octanol–water partition coefficient (Wildman–Crippen LogP) is 2.42. The van der Waals surface area contributed by atoms with Crippen LogP contribution in [0.5, 0.6) is 0 Å². The largest absolute Gasteiger partial charge is 0.325 e. The fourth-order valence-corrected chi connectivity index (χ4v) is 2.79. The molecular formula is C13H15N5S. The number of hydrogen-bond donors (Lipinski definition) is 1. The zero-order valence-electron chi connectivity index (χ0n) is 10.7. The van der Waals surface area contributed by atoms with Crippen molar-refractivity contribution in [3.8, 4) is 11.5 Å². The van der Waals surface area contributed by atoms with Gasteiger partial charge < -0.3 is 10.3 Å². The molecule has 3 aromatic rings. The van der Waals surface area contributed by atoms with Crippen molar-refractivity contribution >= 4 is 22.4 Å². The highest BCUT2D eigenvalue weighted by Gasteiger charge is 2.14. The molecule has 0 aromatic carbocycles. The van der Waals surface area contributed by atoms with E-state index in [0.29, 0.717) is 6.54 Å². The van der Waals surface area contributed by atoms with E-state index in [-0.39, 0.29) is 0 Å². The average molecular weight is 273 g/mol. The minimum Gasteiger partial charge on any atom is -0.325 e. The second-order valence-electron chi connectivity index (χ2n) is 4.28. The lowest BCUT2D eigenvalue weighted by Crippen LogP contribution is -2.00. The van der Waals surface area contributed by atoms with E-state index in [9.17, 15) is 0 Å². The smallest absolute Gasteiger partial charge is 0.160 e. The highest BCUT2D eigenvalue weighted by molar-refractivity contribution is 7.09. The summed E-state index contributed by atoms with van der Waals surface area (Å²) in [6, 6.07) is 2.00. The first-order chi connectivity index (χ1) is 9.33. The second-order valence-corrected chi connectivity index (χ2v) is 5.22. The Morgan fingerprint density at radius 2 is 2.26 bits per heavy atom. The monoisotopic (exact) mass is 273 g/mol. The third-order valence-electron chi connectivity index (χ3n) is 2.95. The quantitative estimate of drug-likeness (QED) is 0.792. The maximum atomic E-state index is 5.62. The van der Waals surface area contributed by atoms with Gasteiger partial charge in [-0.25, -0.2) is 9.97 Å². The van der Waals surface area contributed by atoms with Gasteiger partial charge in [0.1, 0.15) is 16.2 Å². The van der Waals surface area contributed by atoms with Crippen LogP contribution in [0.4, 0.5) is 0 Å². The molecule has 3 rings (SSSR count). The summed E-state index contributed by atoms with van der Waals surface area (Å²) in [7, 11) is 0. The molecule has 0 aliphatic rings. The fourth-order valence-electron chi connectivity index (χ4n) is 2.13. The number of nitrogens with two attached hydrogens (primary N) is 1. The van der Waals surface area contributed by atoms with Crippen molar-refractivity contribution in [1.82, 2.24) is 19.5 Å². The summed E-state index contributed by atoms with van der Waals surface area (Å²) in [5.74, 6) is 0.904. The maximum absolute atomic E-state index is 5.62. The Labute approximate surface area is 115 Å². The second kappa shape index (κ2) is 5.07. The van der Waals surface area contributed by atoms with Crippen molar-refractivity contribution in [1.29, 1.82) is 0 Å². The minimum absolute atomic E-state index is 0.472. The van der Waals surface area contributed by atoms with Gasteiger partial charge in [-0.2, -0.15) is 0 Å². The number of aromatic nitrogens is 4. The number of thiazole rings is 1. The van der Waals surface area contributed by atoms with Crippen LogP contribution in [-0.2, 0) is 13.1 Å². The molecule has 98 valence electrons. The Morgan fingerprint density at radius 1 is 1.37 bits per heavy atom. The first-order valence-corrected chi connectivity index (χ1v) is 7.16. The van der Waals surface area contributed by atoms with Crippen molar-refractivity contribution in [2.24, 2.45) is 5.73 Å². The lowest BCUT2D eigenvalue weighted by atomic mass is 10.3. The molecule has 5 nitrogen and oxygen atoms in total. The molecule has 0 bridgehead atoms. The third kappa shape index (κ3) is 2.13. The highest BCUT2D eigenvalue weighted by Crippen LogP contribution is 2.25. The molecular weight excluding hydrogens is 258 g/mol. The lowest BCUT2D eigenvalue weighted by Gasteiger charge is -2.05. The van der Waals surface area contributed by atoms with E-state index in [2.05, 4.69) is 26.4 Å². The molecule has 0 fully saturated rings. The first-order valence-electron chi connectivity index (χ1n) is 6.28. The molecule has 0 atom stereocenters. The van der Waals surface area contributed by atoms with Crippen molar-refractivity contribution in [3.63, 3.8) is 0 Å². The zero-order valence-corrected chi connectivity index (χ0v) is 11.5. The van der Waals surface area contributed by atoms with E-state index < -0.39 is 0 Å². The Morgan fingerprint density at radius 3 is 3.00 bits per heavy atom. The fraction of sp³-hybridized carbons (Fsp3) is 0.308. The molecule has 3 aromatic heterocycles. The Bertz CT molecular complexity index is 700. The summed E-state index contributed by atoms with van der Waals surface area (Å²) in [5, 5.41) is 2.95. The van der Waals surface area contributed by atoms with Crippen LogP contribution in [0.15, 0.2) is 23.8 Å². The molecule has 0 saturated carbocycles. The third-order valence-corrected chi connectivity index (χ3v) is 3.82. The van der Waals surface area contributed by atoms with Crippen LogP contribution >= 0.6 is 11.3 Å². The van der Waals surface area contributed by atoms with Gasteiger partial charge in [-0.05, 0) is 12.5 Å². The van der Waals surface area contributed by atoms with Crippen molar-refractivity contribution < 1.29 is 0 Å². The van der Waals surface area contributed by atoms with E-state index in [0.717, 1.165) is 40.5 Å². The molecule has 6 heteroatoms. The normalized spacial score (nSPS) is 11.3. The van der Waals surface area contributed by atoms with Crippen molar-refractivity contribution in [2.75, 3.05) is 0 Å². The molecule has 0 unspecified atom stereocenters. The first kappa shape index (κ1) is 12.3. The number of nitrogens with zero attached hydrogens (tertiary/aromatic N) is 4. The standard InChI is InChI=1S/C13H15N5S/c1-2-5-18-11-3-4-15-7-9(11)17-13(18)10-8-19-12(6-14)16-10/h3-4,7-8H,2,5-6,14H2,1H3. The van der Waals surface area contributed by atoms with E-state index in [1.165, 1.54) is 0 Å². The Balaban J connectivity index is 2.18. The summed E-state index contributed by atoms with van der Waals surface area (Å²) in [6.45, 7) is 3.55. The van der Waals surface area contributed by atoms with Gasteiger partial charge in [0, 0.05) is 24.7 Å². The molecule has 19 heavy (non-hydrogen) atoms. The molecule has 0 radical (unpaired) electrons. The molecule has 0 aliphatic heterocycles. The molecule has 3 heterocycles. The van der Waals surface area contributed by atoms with E-state index in [1.807, 2.05) is 11.4 Å². The van der Waals surface area contributed by atoms with E-state index in [4.69, 9.17) is 5.73 Å². The van der Waals surface area contributed by atoms with Crippen LogP contribution in [0, 0.1) is 0 Å². The summed E-state index contributed by atoms with van der Waals surface area (Å²) in [6.07, 6.45) is 4.64. The number of rotatable bonds is 4. The predicted molar refractivity (Wildman–Crippen MR) is 76.8 cm³/mol. The van der Waals surface area contributed by atoms with Gasteiger partial charge in [0.25, 0.3) is 0 Å². The van der Waals surface area contributed by atoms with E-state index >= 15 is 0 Å². The molecule has 0 aliphatic carbocycles. The summed E-state index contributed by atoms with van der Waals surface area (Å²) >= 11 is 1.58. The summed E-state index contributed by atoms with van der Waals surface area (Å²) in [4.78, 5) is 13.3. The highest BCUT2D eigenvalue weighted by atomic mass is 32.1. The number of pyridine rings is 1. The number of fused-ring (bicyclic) bond motifs is 1. The van der Waals surface area contributed by atoms with Gasteiger partial charge in [-0.1, -0.05) is 6.92 Å². The summed E-state index contributed by atoms with van der Waals surface area (Å²) < 4.78 is 2.20. The van der Waals surface area contributed by atoms with Crippen LogP contribution < -0.4 is 5.73 Å². The maximum Gasteiger partial charge on any atom is 0.160 e. The van der Waals surface area contributed by atoms with Gasteiger partial charge >= 0.3 is 0 Å². The van der Waals surface area contributed by atoms with Gasteiger partial charge in [0.15, 0.2) is 5.82 Å². The Kier molecular flexibility index (Phi) is 3.27. The van der Waals surface area contributed by atoms with Crippen molar-refractivity contribution in [2.45, 2.75) is 26.4 Å². The van der Waals surface area contributed by atoms with Crippen LogP contribution in [0.1, 0.15) is 18.4 Å². The van der Waals surface area contributed by atoms with Crippen molar-refractivity contribution in [3.05, 3.63) is 28.8 Å². The van der Waals surface area contributed by atoms with Crippen LogP contribution in [0.25, 0.3) is 22.6 Å². The van der Waals surface area contributed by atoms with Gasteiger partial charge in [-0.3, -0.25) is 4.98 Å². The topological polar surface area (TPSA) is 69.6 Å². The van der Waals surface area contributed by atoms with E-state index in [1.54, 1.807) is 23.7 Å². The lowest BCUT2D eigenvalue weighted by molar-refractivity contribution is 0.702.